The van der Waals surface area contributed by atoms with Gasteiger partial charge in [-0.25, -0.2) is 0 Å². The molecular formula is C14H17N5O2. The molecular weight excluding hydrogens is 270 g/mol. The van der Waals surface area contributed by atoms with Crippen molar-refractivity contribution in [1.29, 1.82) is 10.5 Å². The molecule has 0 saturated carbocycles. The van der Waals surface area contributed by atoms with Gasteiger partial charge in [-0.05, 0) is 13.8 Å². The van der Waals surface area contributed by atoms with Crippen LogP contribution in [0.15, 0.2) is 4.42 Å². The van der Waals surface area contributed by atoms with Crippen LogP contribution in [0.1, 0.15) is 16.9 Å². The molecule has 0 bridgehead atoms. The lowest BCUT2D eigenvalue weighted by atomic mass is 10.2. The van der Waals surface area contributed by atoms with Crippen molar-refractivity contribution < 1.29 is 9.21 Å². The van der Waals surface area contributed by atoms with E-state index in [-0.39, 0.29) is 24.4 Å². The SMILES string of the molecule is Cc1oc(NC(=O)CN2CCNCC2C#N)c(C#N)c1C. The minimum atomic E-state index is -0.319. The highest BCUT2D eigenvalue weighted by Gasteiger charge is 2.25. The molecule has 1 aliphatic rings. The number of hydrogen-bond acceptors (Lipinski definition) is 6. The molecule has 7 nitrogen and oxygen atoms in total. The first-order valence-electron chi connectivity index (χ1n) is 6.71. The fourth-order valence-corrected chi connectivity index (χ4v) is 2.26. The Morgan fingerprint density at radius 1 is 1.52 bits per heavy atom. The van der Waals surface area contributed by atoms with E-state index >= 15 is 0 Å². The first-order chi connectivity index (χ1) is 10.1. The van der Waals surface area contributed by atoms with Gasteiger partial charge in [-0.1, -0.05) is 0 Å². The Labute approximate surface area is 123 Å². The summed E-state index contributed by atoms with van der Waals surface area (Å²) < 4.78 is 5.40. The minimum absolute atomic E-state index is 0.101. The van der Waals surface area contributed by atoms with E-state index in [1.165, 1.54) is 0 Å². The Bertz CT molecular complexity index is 623. The van der Waals surface area contributed by atoms with Crippen LogP contribution in [0.4, 0.5) is 5.88 Å². The number of amides is 1. The number of carbonyl (C=O) groups excluding carboxylic acids is 1. The quantitative estimate of drug-likeness (QED) is 0.839. The molecule has 2 N–H and O–H groups in total. The molecule has 1 atom stereocenters. The van der Waals surface area contributed by atoms with E-state index in [0.717, 1.165) is 12.1 Å². The monoisotopic (exact) mass is 287 g/mol. The Kier molecular flexibility index (Phi) is 4.59. The summed E-state index contributed by atoms with van der Waals surface area (Å²) in [5.74, 6) is 0.502. The van der Waals surface area contributed by atoms with Crippen LogP contribution < -0.4 is 10.6 Å². The molecule has 1 saturated heterocycles. The van der Waals surface area contributed by atoms with Gasteiger partial charge in [0.1, 0.15) is 23.4 Å². The van der Waals surface area contributed by atoms with Gasteiger partial charge >= 0.3 is 0 Å². The lowest BCUT2D eigenvalue weighted by Gasteiger charge is -2.30. The van der Waals surface area contributed by atoms with Gasteiger partial charge in [0.2, 0.25) is 11.8 Å². The number of furan rings is 1. The van der Waals surface area contributed by atoms with Crippen LogP contribution in [0.25, 0.3) is 0 Å². The van der Waals surface area contributed by atoms with Gasteiger partial charge in [-0.15, -0.1) is 0 Å². The van der Waals surface area contributed by atoms with Gasteiger partial charge < -0.3 is 9.73 Å². The van der Waals surface area contributed by atoms with Crippen molar-refractivity contribution in [2.75, 3.05) is 31.5 Å². The lowest BCUT2D eigenvalue weighted by Crippen LogP contribution is -2.52. The Morgan fingerprint density at radius 2 is 2.29 bits per heavy atom. The summed E-state index contributed by atoms with van der Waals surface area (Å²) in [7, 11) is 0. The number of aryl methyl sites for hydroxylation is 1. The van der Waals surface area contributed by atoms with Gasteiger partial charge in [-0.2, -0.15) is 10.5 Å². The fourth-order valence-electron chi connectivity index (χ4n) is 2.26. The highest BCUT2D eigenvalue weighted by atomic mass is 16.4. The van der Waals surface area contributed by atoms with E-state index in [0.29, 0.717) is 24.4 Å². The van der Waals surface area contributed by atoms with Crippen LogP contribution in [0.2, 0.25) is 0 Å². The Balaban J connectivity index is 2.04. The molecule has 0 spiro atoms. The van der Waals surface area contributed by atoms with Crippen LogP contribution in [0.3, 0.4) is 0 Å². The first kappa shape index (κ1) is 15.0. The lowest BCUT2D eigenvalue weighted by molar-refractivity contribution is -0.117. The van der Waals surface area contributed by atoms with Crippen LogP contribution in [-0.2, 0) is 4.79 Å². The van der Waals surface area contributed by atoms with Crippen LogP contribution in [-0.4, -0.2) is 43.0 Å². The molecule has 2 heterocycles. The summed E-state index contributed by atoms with van der Waals surface area (Å²) in [5, 5.41) is 23.9. The predicted molar refractivity (Wildman–Crippen MR) is 75.4 cm³/mol. The molecule has 110 valence electrons. The summed E-state index contributed by atoms with van der Waals surface area (Å²) >= 11 is 0. The molecule has 1 aliphatic heterocycles. The summed E-state index contributed by atoms with van der Waals surface area (Å²) in [6, 6.07) is 3.88. The van der Waals surface area contributed by atoms with Crippen LogP contribution in [0.5, 0.6) is 0 Å². The molecule has 0 radical (unpaired) electrons. The largest absolute Gasteiger partial charge is 0.444 e. The van der Waals surface area contributed by atoms with Crippen molar-refractivity contribution in [3.63, 3.8) is 0 Å². The topological polar surface area (TPSA) is 105 Å². The minimum Gasteiger partial charge on any atom is -0.444 e. The van der Waals surface area contributed by atoms with Crippen molar-refractivity contribution in [2.45, 2.75) is 19.9 Å². The molecule has 21 heavy (non-hydrogen) atoms. The van der Waals surface area contributed by atoms with Gasteiger partial charge in [0.05, 0.1) is 12.6 Å². The molecule has 0 aliphatic carbocycles. The molecule has 1 aromatic rings. The van der Waals surface area contributed by atoms with Crippen molar-refractivity contribution in [3.05, 3.63) is 16.9 Å². The number of hydrogen-bond donors (Lipinski definition) is 2. The smallest absolute Gasteiger partial charge is 0.240 e. The number of nitrogens with zero attached hydrogens (tertiary/aromatic N) is 3. The van der Waals surface area contributed by atoms with Gasteiger partial charge in [0.25, 0.3) is 0 Å². The number of rotatable bonds is 3. The third-order valence-electron chi connectivity index (χ3n) is 3.60. The van der Waals surface area contributed by atoms with Gasteiger partial charge in [-0.3, -0.25) is 15.0 Å². The van der Waals surface area contributed by atoms with E-state index in [1.54, 1.807) is 18.7 Å². The van der Waals surface area contributed by atoms with Crippen molar-refractivity contribution in [2.24, 2.45) is 0 Å². The van der Waals surface area contributed by atoms with Gasteiger partial charge in [0, 0.05) is 25.2 Å². The van der Waals surface area contributed by atoms with E-state index in [2.05, 4.69) is 16.7 Å². The maximum atomic E-state index is 12.1. The maximum Gasteiger partial charge on any atom is 0.240 e. The Hall–Kier alpha value is -2.35. The summed E-state index contributed by atoms with van der Waals surface area (Å²) in [6.07, 6.45) is 0. The molecule has 2 rings (SSSR count). The van der Waals surface area contributed by atoms with Gasteiger partial charge in [0.15, 0.2) is 0 Å². The van der Waals surface area contributed by atoms with Crippen LogP contribution in [0, 0.1) is 36.5 Å². The van der Waals surface area contributed by atoms with E-state index in [9.17, 15) is 4.79 Å². The number of nitriles is 2. The first-order valence-corrected chi connectivity index (χ1v) is 6.71. The number of piperazine rings is 1. The number of carbonyl (C=O) groups is 1. The molecule has 7 heteroatoms. The zero-order chi connectivity index (χ0) is 15.4. The highest BCUT2D eigenvalue weighted by molar-refractivity contribution is 5.92. The second-order valence-corrected chi connectivity index (χ2v) is 4.97. The summed E-state index contributed by atoms with van der Waals surface area (Å²) in [6.45, 7) is 5.54. The molecule has 1 fully saturated rings. The second-order valence-electron chi connectivity index (χ2n) is 4.97. The van der Waals surface area contributed by atoms with Crippen molar-refractivity contribution in [1.82, 2.24) is 10.2 Å². The highest BCUT2D eigenvalue weighted by Crippen LogP contribution is 2.25. The van der Waals surface area contributed by atoms with E-state index in [4.69, 9.17) is 14.9 Å². The fraction of sp³-hybridized carbons (Fsp3) is 0.500. The van der Waals surface area contributed by atoms with Crippen LogP contribution >= 0.6 is 0 Å². The number of anilines is 1. The normalized spacial score (nSPS) is 18.8. The molecule has 0 aromatic carbocycles. The Morgan fingerprint density at radius 3 is 2.95 bits per heavy atom. The van der Waals surface area contributed by atoms with E-state index < -0.39 is 0 Å². The summed E-state index contributed by atoms with van der Waals surface area (Å²) in [4.78, 5) is 13.9. The zero-order valence-electron chi connectivity index (χ0n) is 12.1. The average Bonchev–Trinajstić information content (AvgIpc) is 2.73. The third-order valence-corrected chi connectivity index (χ3v) is 3.60. The maximum absolute atomic E-state index is 12.1. The zero-order valence-corrected chi connectivity index (χ0v) is 12.1. The average molecular weight is 287 g/mol. The second kappa shape index (κ2) is 6.40. The van der Waals surface area contributed by atoms with Crippen molar-refractivity contribution >= 4 is 11.8 Å². The molecule has 1 unspecified atom stereocenters. The third kappa shape index (κ3) is 3.22. The standard InChI is InChI=1S/C14H17N5O2/c1-9-10(2)21-14(12(9)6-16)18-13(20)8-19-4-3-17-7-11(19)5-15/h11,17H,3-4,7-8H2,1-2H3,(H,18,20). The van der Waals surface area contributed by atoms with E-state index in [1.807, 2.05) is 6.07 Å². The summed E-state index contributed by atoms with van der Waals surface area (Å²) in [5.41, 5.74) is 1.07. The number of nitrogens with one attached hydrogen (secondary N) is 2. The molecule has 1 aromatic heterocycles. The molecule has 1 amide bonds. The van der Waals surface area contributed by atoms with Crippen molar-refractivity contribution in [3.8, 4) is 12.1 Å². The predicted octanol–water partition coefficient (Wildman–Crippen LogP) is 0.504.